The molecular weight excluding hydrogens is 369 g/mol. The predicted molar refractivity (Wildman–Crippen MR) is 103 cm³/mol. The number of hydrogen-bond acceptors (Lipinski definition) is 6. The molecule has 0 aliphatic heterocycles. The second-order valence-corrected chi connectivity index (χ2v) is 6.36. The van der Waals surface area contributed by atoms with E-state index in [0.29, 0.717) is 27.9 Å². The van der Waals surface area contributed by atoms with Crippen LogP contribution >= 0.6 is 11.3 Å². The van der Waals surface area contributed by atoms with Crippen molar-refractivity contribution in [3.8, 4) is 11.5 Å². The van der Waals surface area contributed by atoms with E-state index in [2.05, 4.69) is 15.6 Å². The molecule has 2 N–H and O–H groups in total. The van der Waals surface area contributed by atoms with Gasteiger partial charge in [0.15, 0.2) is 5.13 Å². The molecule has 0 radical (unpaired) electrons. The van der Waals surface area contributed by atoms with Gasteiger partial charge in [-0.05, 0) is 18.2 Å². The third-order valence-electron chi connectivity index (χ3n) is 3.78. The van der Waals surface area contributed by atoms with Crippen molar-refractivity contribution in [1.29, 1.82) is 0 Å². The topological polar surface area (TPSA) is 72.5 Å². The van der Waals surface area contributed by atoms with Crippen molar-refractivity contribution in [2.45, 2.75) is 6.54 Å². The van der Waals surface area contributed by atoms with E-state index in [1.165, 1.54) is 17.4 Å². The first-order chi connectivity index (χ1) is 13.1. The van der Waals surface area contributed by atoms with E-state index in [9.17, 15) is 9.18 Å². The molecule has 2 aromatic carbocycles. The van der Waals surface area contributed by atoms with E-state index < -0.39 is 0 Å². The molecule has 6 nitrogen and oxygen atoms in total. The maximum absolute atomic E-state index is 13.6. The Labute approximate surface area is 160 Å². The van der Waals surface area contributed by atoms with Gasteiger partial charge in [0.1, 0.15) is 23.0 Å². The SMILES string of the molecule is COc1ccc(Nc2nc(C(=O)NCc3ccccc3F)cs2)c(OC)c1. The Morgan fingerprint density at radius 1 is 1.19 bits per heavy atom. The average Bonchev–Trinajstić information content (AvgIpc) is 3.16. The summed E-state index contributed by atoms with van der Waals surface area (Å²) in [5, 5.41) is 7.96. The molecule has 3 rings (SSSR count). The lowest BCUT2D eigenvalue weighted by atomic mass is 10.2. The molecule has 0 aliphatic carbocycles. The van der Waals surface area contributed by atoms with E-state index in [-0.39, 0.29) is 24.0 Å². The lowest BCUT2D eigenvalue weighted by Crippen LogP contribution is -2.23. The summed E-state index contributed by atoms with van der Waals surface area (Å²) >= 11 is 1.28. The first kappa shape index (κ1) is 18.7. The number of amides is 1. The van der Waals surface area contributed by atoms with Crippen LogP contribution < -0.4 is 20.1 Å². The number of nitrogens with zero attached hydrogens (tertiary/aromatic N) is 1. The molecule has 3 aromatic rings. The van der Waals surface area contributed by atoms with Gasteiger partial charge in [-0.3, -0.25) is 4.79 Å². The second kappa shape index (κ2) is 8.50. The molecule has 8 heteroatoms. The zero-order chi connectivity index (χ0) is 19.2. The normalized spacial score (nSPS) is 10.3. The largest absolute Gasteiger partial charge is 0.497 e. The molecule has 1 amide bonds. The van der Waals surface area contributed by atoms with E-state index in [4.69, 9.17) is 9.47 Å². The number of benzene rings is 2. The Bertz CT molecular complexity index is 945. The van der Waals surface area contributed by atoms with Crippen LogP contribution in [0.3, 0.4) is 0 Å². The fourth-order valence-corrected chi connectivity index (χ4v) is 3.06. The second-order valence-electron chi connectivity index (χ2n) is 5.50. The third kappa shape index (κ3) is 4.53. The van der Waals surface area contributed by atoms with Crippen LogP contribution in [0.5, 0.6) is 11.5 Å². The molecule has 0 saturated carbocycles. The monoisotopic (exact) mass is 387 g/mol. The average molecular weight is 387 g/mol. The van der Waals surface area contributed by atoms with Crippen LogP contribution in [-0.4, -0.2) is 25.1 Å². The summed E-state index contributed by atoms with van der Waals surface area (Å²) in [6.45, 7) is 0.0953. The number of rotatable bonds is 7. The minimum atomic E-state index is -0.371. The van der Waals surface area contributed by atoms with Gasteiger partial charge in [-0.1, -0.05) is 18.2 Å². The zero-order valence-electron chi connectivity index (χ0n) is 14.8. The number of carbonyl (C=O) groups excluding carboxylic acids is 1. The van der Waals surface area contributed by atoms with Crippen molar-refractivity contribution < 1.29 is 18.7 Å². The summed E-state index contributed by atoms with van der Waals surface area (Å²) in [5.41, 5.74) is 1.37. The van der Waals surface area contributed by atoms with Crippen molar-refractivity contribution in [2.24, 2.45) is 0 Å². The van der Waals surface area contributed by atoms with Crippen LogP contribution in [0.15, 0.2) is 47.8 Å². The van der Waals surface area contributed by atoms with Gasteiger partial charge >= 0.3 is 0 Å². The highest BCUT2D eigenvalue weighted by Crippen LogP contribution is 2.32. The summed E-state index contributed by atoms with van der Waals surface area (Å²) in [7, 11) is 3.14. The minimum absolute atomic E-state index is 0.0953. The van der Waals surface area contributed by atoms with Crippen LogP contribution in [0.2, 0.25) is 0 Å². The van der Waals surface area contributed by atoms with Crippen molar-refractivity contribution >= 4 is 28.1 Å². The van der Waals surface area contributed by atoms with Gasteiger partial charge in [0.05, 0.1) is 19.9 Å². The number of carbonyl (C=O) groups is 1. The molecule has 1 aromatic heterocycles. The van der Waals surface area contributed by atoms with Crippen LogP contribution in [0.1, 0.15) is 16.1 Å². The van der Waals surface area contributed by atoms with Crippen LogP contribution in [0.4, 0.5) is 15.2 Å². The lowest BCUT2D eigenvalue weighted by Gasteiger charge is -2.10. The van der Waals surface area contributed by atoms with E-state index in [1.54, 1.807) is 56.0 Å². The molecule has 0 aliphatic rings. The van der Waals surface area contributed by atoms with Gasteiger partial charge < -0.3 is 20.1 Å². The molecule has 0 saturated heterocycles. The molecule has 0 unspecified atom stereocenters. The number of hydrogen-bond donors (Lipinski definition) is 2. The first-order valence-electron chi connectivity index (χ1n) is 8.07. The van der Waals surface area contributed by atoms with Crippen LogP contribution in [-0.2, 0) is 6.54 Å². The zero-order valence-corrected chi connectivity index (χ0v) is 15.6. The highest BCUT2D eigenvalue weighted by molar-refractivity contribution is 7.14. The van der Waals surface area contributed by atoms with Gasteiger partial charge in [0, 0.05) is 23.6 Å². The third-order valence-corrected chi connectivity index (χ3v) is 4.54. The van der Waals surface area contributed by atoms with Crippen molar-refractivity contribution in [3.63, 3.8) is 0 Å². The quantitative estimate of drug-likeness (QED) is 0.642. The molecule has 1 heterocycles. The van der Waals surface area contributed by atoms with Gasteiger partial charge in [-0.25, -0.2) is 9.37 Å². The number of methoxy groups -OCH3 is 2. The van der Waals surface area contributed by atoms with Crippen molar-refractivity contribution in [1.82, 2.24) is 10.3 Å². The highest BCUT2D eigenvalue weighted by atomic mass is 32.1. The molecule has 0 atom stereocenters. The number of halogens is 1. The Morgan fingerprint density at radius 3 is 2.74 bits per heavy atom. The minimum Gasteiger partial charge on any atom is -0.497 e. The Balaban J connectivity index is 1.66. The van der Waals surface area contributed by atoms with E-state index in [0.717, 1.165) is 0 Å². The molecule has 0 spiro atoms. The molecule has 0 fully saturated rings. The van der Waals surface area contributed by atoms with Crippen LogP contribution in [0.25, 0.3) is 0 Å². The number of anilines is 2. The summed E-state index contributed by atoms with van der Waals surface area (Å²) < 4.78 is 24.1. The maximum Gasteiger partial charge on any atom is 0.271 e. The predicted octanol–water partition coefficient (Wildman–Crippen LogP) is 3.97. The van der Waals surface area contributed by atoms with Crippen molar-refractivity contribution in [2.75, 3.05) is 19.5 Å². The Morgan fingerprint density at radius 2 is 2.00 bits per heavy atom. The highest BCUT2D eigenvalue weighted by Gasteiger charge is 2.13. The Kier molecular flexibility index (Phi) is 5.87. The van der Waals surface area contributed by atoms with Crippen molar-refractivity contribution in [3.05, 3.63) is 64.9 Å². The number of nitrogens with one attached hydrogen (secondary N) is 2. The number of thiazole rings is 1. The van der Waals surface area contributed by atoms with Gasteiger partial charge in [-0.15, -0.1) is 11.3 Å². The number of aromatic nitrogens is 1. The summed E-state index contributed by atoms with van der Waals surface area (Å²) in [5.74, 6) is 0.536. The van der Waals surface area contributed by atoms with Gasteiger partial charge in [-0.2, -0.15) is 0 Å². The Hall–Kier alpha value is -3.13. The smallest absolute Gasteiger partial charge is 0.271 e. The summed E-state index contributed by atoms with van der Waals surface area (Å²) in [6, 6.07) is 11.6. The number of ether oxygens (including phenoxy) is 2. The molecular formula is C19H18FN3O3S. The summed E-state index contributed by atoms with van der Waals surface area (Å²) in [6.07, 6.45) is 0. The van der Waals surface area contributed by atoms with E-state index in [1.807, 2.05) is 0 Å². The molecule has 27 heavy (non-hydrogen) atoms. The van der Waals surface area contributed by atoms with Gasteiger partial charge in [0.2, 0.25) is 0 Å². The molecule has 140 valence electrons. The fourth-order valence-electron chi connectivity index (χ4n) is 2.36. The fraction of sp³-hybridized carbons (Fsp3) is 0.158. The summed E-state index contributed by atoms with van der Waals surface area (Å²) in [4.78, 5) is 16.5. The van der Waals surface area contributed by atoms with Crippen LogP contribution in [0, 0.1) is 5.82 Å². The van der Waals surface area contributed by atoms with Gasteiger partial charge in [0.25, 0.3) is 5.91 Å². The van der Waals surface area contributed by atoms with E-state index >= 15 is 0 Å². The maximum atomic E-state index is 13.6. The standard InChI is InChI=1S/C19H18FN3O3S/c1-25-13-7-8-15(17(9-13)26-2)22-19-23-16(11-27-19)18(24)21-10-12-5-3-4-6-14(12)20/h3-9,11H,10H2,1-2H3,(H,21,24)(H,22,23). The first-order valence-corrected chi connectivity index (χ1v) is 8.95. The molecule has 0 bridgehead atoms. The lowest BCUT2D eigenvalue weighted by molar-refractivity contribution is 0.0946.